The van der Waals surface area contributed by atoms with Gasteiger partial charge in [-0.3, -0.25) is 20.2 Å². The minimum absolute atomic E-state index is 0.207. The minimum Gasteiger partial charge on any atom is -0.355 e. The molecule has 0 saturated carbocycles. The van der Waals surface area contributed by atoms with E-state index >= 15 is 0 Å². The number of hydrogen-bond acceptors (Lipinski definition) is 5. The summed E-state index contributed by atoms with van der Waals surface area (Å²) in [5.41, 5.74) is 2.58. The van der Waals surface area contributed by atoms with Crippen LogP contribution in [0.25, 0.3) is 0 Å². The zero-order valence-electron chi connectivity index (χ0n) is 14.6. The predicted molar refractivity (Wildman–Crippen MR) is 97.5 cm³/mol. The highest BCUT2D eigenvalue weighted by atomic mass is 16.6. The average Bonchev–Trinajstić information content (AvgIpc) is 2.63. The van der Waals surface area contributed by atoms with Gasteiger partial charge in [0.15, 0.2) is 0 Å². The first-order valence-corrected chi connectivity index (χ1v) is 8.51. The van der Waals surface area contributed by atoms with Crippen molar-refractivity contribution in [3.63, 3.8) is 0 Å². The molecule has 136 valence electrons. The zero-order chi connectivity index (χ0) is 18.7. The second kappa shape index (κ2) is 7.49. The second-order valence-corrected chi connectivity index (χ2v) is 6.53. The molecular formula is C18H21N4O4+. The Morgan fingerprint density at radius 2 is 1.73 bits per heavy atom. The van der Waals surface area contributed by atoms with E-state index in [0.29, 0.717) is 18.8 Å². The lowest BCUT2D eigenvalue weighted by atomic mass is 10.1. The van der Waals surface area contributed by atoms with Crippen LogP contribution in [0.1, 0.15) is 11.1 Å². The van der Waals surface area contributed by atoms with Gasteiger partial charge in [0.2, 0.25) is 0 Å². The van der Waals surface area contributed by atoms with Gasteiger partial charge in [0.05, 0.1) is 42.1 Å². The van der Waals surface area contributed by atoms with Crippen molar-refractivity contribution < 1.29 is 14.7 Å². The number of anilines is 1. The van der Waals surface area contributed by atoms with E-state index in [1.807, 2.05) is 17.0 Å². The Hall–Kier alpha value is -3.00. The van der Waals surface area contributed by atoms with Crippen LogP contribution in [0.2, 0.25) is 0 Å². The zero-order valence-corrected chi connectivity index (χ0v) is 14.6. The molecule has 0 aromatic heterocycles. The number of hydrogen-bond donors (Lipinski definition) is 1. The van der Waals surface area contributed by atoms with Crippen molar-refractivity contribution >= 4 is 17.1 Å². The molecule has 0 spiro atoms. The van der Waals surface area contributed by atoms with E-state index in [4.69, 9.17) is 0 Å². The van der Waals surface area contributed by atoms with Crippen LogP contribution >= 0.6 is 0 Å². The fourth-order valence-electron chi connectivity index (χ4n) is 3.36. The lowest BCUT2D eigenvalue weighted by Crippen LogP contribution is -3.13. The number of nitrogens with one attached hydrogen (secondary N) is 1. The molecule has 0 bridgehead atoms. The van der Waals surface area contributed by atoms with Gasteiger partial charge in [-0.1, -0.05) is 24.3 Å². The quantitative estimate of drug-likeness (QED) is 0.649. The molecule has 0 atom stereocenters. The van der Waals surface area contributed by atoms with Crippen LogP contribution in [0.5, 0.6) is 0 Å². The number of nitrogens with zero attached hydrogens (tertiary/aromatic N) is 3. The van der Waals surface area contributed by atoms with Crippen molar-refractivity contribution in [1.82, 2.24) is 0 Å². The maximum absolute atomic E-state index is 11.3. The summed E-state index contributed by atoms with van der Waals surface area (Å²) in [5, 5.41) is 22.2. The Morgan fingerprint density at radius 3 is 2.35 bits per heavy atom. The third-order valence-electron chi connectivity index (χ3n) is 4.88. The molecule has 0 unspecified atom stereocenters. The molecule has 0 aliphatic carbocycles. The van der Waals surface area contributed by atoms with Crippen LogP contribution in [0.3, 0.4) is 0 Å². The third-order valence-corrected chi connectivity index (χ3v) is 4.88. The monoisotopic (exact) mass is 357 g/mol. The third kappa shape index (κ3) is 3.80. The van der Waals surface area contributed by atoms with E-state index in [1.165, 1.54) is 28.2 Å². The molecule has 26 heavy (non-hydrogen) atoms. The number of benzene rings is 2. The van der Waals surface area contributed by atoms with E-state index in [1.54, 1.807) is 0 Å². The first-order valence-electron chi connectivity index (χ1n) is 8.51. The maximum atomic E-state index is 11.3. The molecule has 8 heteroatoms. The number of nitro groups is 2. The summed E-state index contributed by atoms with van der Waals surface area (Å²) in [5.74, 6) is 0. The highest BCUT2D eigenvalue weighted by Crippen LogP contribution is 2.31. The van der Waals surface area contributed by atoms with E-state index in [2.05, 4.69) is 19.1 Å². The lowest BCUT2D eigenvalue weighted by Gasteiger charge is -2.33. The maximum Gasteiger partial charge on any atom is 0.299 e. The van der Waals surface area contributed by atoms with Gasteiger partial charge in [-0.25, -0.2) is 0 Å². The number of aryl methyl sites for hydroxylation is 1. The summed E-state index contributed by atoms with van der Waals surface area (Å²) in [4.78, 5) is 24.4. The molecule has 1 aliphatic heterocycles. The second-order valence-electron chi connectivity index (χ2n) is 6.53. The van der Waals surface area contributed by atoms with Crippen LogP contribution in [0, 0.1) is 27.2 Å². The molecule has 2 aromatic rings. The van der Waals surface area contributed by atoms with Gasteiger partial charge in [-0.15, -0.1) is 0 Å². The Balaban J connectivity index is 1.71. The summed E-state index contributed by atoms with van der Waals surface area (Å²) in [6.45, 7) is 6.12. The van der Waals surface area contributed by atoms with Gasteiger partial charge in [0, 0.05) is 11.6 Å². The molecule has 1 N–H and O–H groups in total. The normalized spacial score (nSPS) is 15.0. The van der Waals surface area contributed by atoms with E-state index in [0.717, 1.165) is 25.7 Å². The topological polar surface area (TPSA) is 94.0 Å². The number of piperazine rings is 1. The summed E-state index contributed by atoms with van der Waals surface area (Å²) in [7, 11) is 0. The van der Waals surface area contributed by atoms with Crippen molar-refractivity contribution in [3.05, 3.63) is 73.8 Å². The standard InChI is InChI=1S/C18H20N4O4/c1-14-4-2-3-5-15(14)13-19-8-10-20(11-9-19)17-7-6-16(21(23)24)12-18(17)22(25)26/h2-7,12H,8-11,13H2,1H3/p+1. The average molecular weight is 357 g/mol. The van der Waals surface area contributed by atoms with Crippen LogP contribution in [-0.4, -0.2) is 36.0 Å². The molecule has 3 rings (SSSR count). The number of quaternary nitrogens is 1. The van der Waals surface area contributed by atoms with Gasteiger partial charge in [-0.2, -0.15) is 0 Å². The molecule has 8 nitrogen and oxygen atoms in total. The number of non-ortho nitro benzene ring substituents is 1. The first kappa shape index (κ1) is 17.8. The molecule has 1 fully saturated rings. The molecule has 0 amide bonds. The summed E-state index contributed by atoms with van der Waals surface area (Å²) in [6.07, 6.45) is 0. The Bertz CT molecular complexity index is 832. The minimum atomic E-state index is -0.610. The van der Waals surface area contributed by atoms with E-state index in [9.17, 15) is 20.2 Å². The van der Waals surface area contributed by atoms with Gasteiger partial charge in [-0.05, 0) is 18.6 Å². The fourth-order valence-corrected chi connectivity index (χ4v) is 3.36. The summed E-state index contributed by atoms with van der Waals surface area (Å²) >= 11 is 0. The highest BCUT2D eigenvalue weighted by Gasteiger charge is 2.27. The number of rotatable bonds is 5. The van der Waals surface area contributed by atoms with E-state index < -0.39 is 9.85 Å². The van der Waals surface area contributed by atoms with Crippen molar-refractivity contribution in [2.45, 2.75) is 13.5 Å². The fraction of sp³-hybridized carbons (Fsp3) is 0.333. The SMILES string of the molecule is Cc1ccccc1C[NH+]1CCN(c2ccc([N+](=O)[O-])cc2[N+](=O)[O-])CC1. The molecule has 2 aromatic carbocycles. The summed E-state index contributed by atoms with van der Waals surface area (Å²) in [6, 6.07) is 12.2. The van der Waals surface area contributed by atoms with Crippen molar-refractivity contribution in [3.8, 4) is 0 Å². The van der Waals surface area contributed by atoms with Crippen LogP contribution in [0.4, 0.5) is 17.1 Å². The van der Waals surface area contributed by atoms with Crippen LogP contribution in [0.15, 0.2) is 42.5 Å². The smallest absolute Gasteiger partial charge is 0.299 e. The van der Waals surface area contributed by atoms with Crippen molar-refractivity contribution in [2.75, 3.05) is 31.1 Å². The van der Waals surface area contributed by atoms with Crippen LogP contribution < -0.4 is 9.80 Å². The highest BCUT2D eigenvalue weighted by molar-refractivity contribution is 5.66. The molecule has 1 heterocycles. The van der Waals surface area contributed by atoms with E-state index in [-0.39, 0.29) is 11.4 Å². The first-order chi connectivity index (χ1) is 12.5. The summed E-state index contributed by atoms with van der Waals surface area (Å²) < 4.78 is 0. The molecule has 1 saturated heterocycles. The lowest BCUT2D eigenvalue weighted by molar-refractivity contribution is -0.914. The van der Waals surface area contributed by atoms with Crippen molar-refractivity contribution in [2.24, 2.45) is 0 Å². The Labute approximate surface area is 150 Å². The molecule has 0 radical (unpaired) electrons. The predicted octanol–water partition coefficient (Wildman–Crippen LogP) is 1.72. The Morgan fingerprint density at radius 1 is 1.04 bits per heavy atom. The van der Waals surface area contributed by atoms with Crippen LogP contribution in [-0.2, 0) is 6.54 Å². The largest absolute Gasteiger partial charge is 0.355 e. The Kier molecular flexibility index (Phi) is 5.13. The molecule has 1 aliphatic rings. The van der Waals surface area contributed by atoms with Gasteiger partial charge in [0.1, 0.15) is 12.2 Å². The number of nitro benzene ring substituents is 2. The van der Waals surface area contributed by atoms with Gasteiger partial charge >= 0.3 is 0 Å². The van der Waals surface area contributed by atoms with Gasteiger partial charge in [0.25, 0.3) is 11.4 Å². The van der Waals surface area contributed by atoms with Gasteiger partial charge < -0.3 is 9.80 Å². The van der Waals surface area contributed by atoms with Crippen molar-refractivity contribution in [1.29, 1.82) is 0 Å². The molecular weight excluding hydrogens is 336 g/mol.